The van der Waals surface area contributed by atoms with Gasteiger partial charge in [0.25, 0.3) is 5.91 Å². The Labute approximate surface area is 154 Å². The number of carbonyl (C=O) groups excluding carboxylic acids is 1. The number of carboxylic acids is 1. The first-order chi connectivity index (χ1) is 12.3. The van der Waals surface area contributed by atoms with E-state index in [9.17, 15) is 18.0 Å². The van der Waals surface area contributed by atoms with Gasteiger partial charge in [0.15, 0.2) is 0 Å². The quantitative estimate of drug-likeness (QED) is 0.742. The number of likely N-dealkylation sites (tertiary alicyclic amines) is 1. The van der Waals surface area contributed by atoms with Gasteiger partial charge in [0.1, 0.15) is 0 Å². The van der Waals surface area contributed by atoms with Gasteiger partial charge in [-0.15, -0.1) is 0 Å². The van der Waals surface area contributed by atoms with Gasteiger partial charge in [0.05, 0.1) is 10.8 Å². The minimum Gasteiger partial charge on any atom is -0.481 e. The first kappa shape index (κ1) is 20.4. The summed E-state index contributed by atoms with van der Waals surface area (Å²) in [4.78, 5) is 25.2. The summed E-state index contributed by atoms with van der Waals surface area (Å²) in [6.07, 6.45) is 1.90. The van der Waals surface area contributed by atoms with Gasteiger partial charge in [0, 0.05) is 31.7 Å². The fourth-order valence-corrected chi connectivity index (χ4v) is 4.72. The highest BCUT2D eigenvalue weighted by Crippen LogP contribution is 2.21. The third kappa shape index (κ3) is 4.42. The molecule has 1 N–H and O–H groups in total. The van der Waals surface area contributed by atoms with Crippen LogP contribution in [0.5, 0.6) is 0 Å². The topological polar surface area (TPSA) is 95.0 Å². The van der Waals surface area contributed by atoms with Gasteiger partial charge < -0.3 is 10.0 Å². The van der Waals surface area contributed by atoms with Crippen LogP contribution >= 0.6 is 0 Å². The Morgan fingerprint density at radius 3 is 2.19 bits per heavy atom. The Morgan fingerprint density at radius 2 is 1.73 bits per heavy atom. The lowest BCUT2D eigenvalue weighted by Crippen LogP contribution is -2.32. The van der Waals surface area contributed by atoms with Crippen LogP contribution in [0.25, 0.3) is 0 Å². The highest BCUT2D eigenvalue weighted by molar-refractivity contribution is 7.89. The molecule has 0 aromatic heterocycles. The molecule has 0 spiro atoms. The fourth-order valence-electron chi connectivity index (χ4n) is 3.10. The van der Waals surface area contributed by atoms with E-state index in [4.69, 9.17) is 5.11 Å². The van der Waals surface area contributed by atoms with Crippen molar-refractivity contribution in [1.29, 1.82) is 0 Å². The van der Waals surface area contributed by atoms with Crippen LogP contribution < -0.4 is 0 Å². The summed E-state index contributed by atoms with van der Waals surface area (Å²) in [5.41, 5.74) is 0.368. The Hall–Kier alpha value is -1.93. The van der Waals surface area contributed by atoms with Crippen LogP contribution in [0.4, 0.5) is 0 Å². The largest absolute Gasteiger partial charge is 0.481 e. The van der Waals surface area contributed by atoms with Crippen molar-refractivity contribution in [1.82, 2.24) is 9.21 Å². The number of carbonyl (C=O) groups is 2. The Balaban J connectivity index is 2.14. The third-order valence-corrected chi connectivity index (χ3v) is 6.42. The number of amides is 1. The van der Waals surface area contributed by atoms with Gasteiger partial charge in [-0.2, -0.15) is 4.31 Å². The second-order valence-corrected chi connectivity index (χ2v) is 8.44. The summed E-state index contributed by atoms with van der Waals surface area (Å²) in [7, 11) is -3.58. The normalized spacial score (nSPS) is 17.7. The molecule has 26 heavy (non-hydrogen) atoms. The highest BCUT2D eigenvalue weighted by atomic mass is 32.2. The molecule has 0 aliphatic carbocycles. The Bertz CT molecular complexity index is 739. The molecule has 144 valence electrons. The molecule has 1 heterocycles. The summed E-state index contributed by atoms with van der Waals surface area (Å²) < 4.78 is 26.9. The van der Waals surface area contributed by atoms with E-state index in [1.54, 1.807) is 0 Å². The monoisotopic (exact) mass is 382 g/mol. The minimum atomic E-state index is -3.58. The molecule has 0 saturated carbocycles. The molecule has 0 bridgehead atoms. The zero-order valence-corrected chi connectivity index (χ0v) is 16.0. The van der Waals surface area contributed by atoms with Crippen molar-refractivity contribution in [3.63, 3.8) is 0 Å². The number of rotatable bonds is 8. The van der Waals surface area contributed by atoms with E-state index >= 15 is 0 Å². The number of carboxylic acid groups (broad SMARTS) is 1. The van der Waals surface area contributed by atoms with Crippen LogP contribution in [-0.4, -0.2) is 60.8 Å². The lowest BCUT2D eigenvalue weighted by Gasteiger charge is -2.21. The van der Waals surface area contributed by atoms with Crippen LogP contribution in [0.1, 0.15) is 43.5 Å². The first-order valence-corrected chi connectivity index (χ1v) is 10.4. The fraction of sp³-hybridized carbons (Fsp3) is 0.556. The standard InChI is InChI=1S/C18H26N2O5S/c1-3-10-20(11-4-2)26(24,25)16-7-5-14(6-8-16)17(21)19-12-9-15(13-19)18(22)23/h5-8,15H,3-4,9-13H2,1-2H3,(H,22,23). The van der Waals surface area contributed by atoms with Crippen molar-refractivity contribution in [2.45, 2.75) is 38.0 Å². The summed E-state index contributed by atoms with van der Waals surface area (Å²) in [6, 6.07) is 5.90. The molecule has 1 aromatic rings. The molecule has 1 aliphatic heterocycles. The molecule has 1 saturated heterocycles. The van der Waals surface area contributed by atoms with Crippen LogP contribution in [0.2, 0.25) is 0 Å². The lowest BCUT2D eigenvalue weighted by molar-refractivity contribution is -0.141. The van der Waals surface area contributed by atoms with Crippen molar-refractivity contribution >= 4 is 21.9 Å². The van der Waals surface area contributed by atoms with E-state index in [1.807, 2.05) is 13.8 Å². The van der Waals surface area contributed by atoms with Gasteiger partial charge in [-0.25, -0.2) is 8.42 Å². The molecule has 2 rings (SSSR count). The summed E-state index contributed by atoms with van der Waals surface area (Å²) in [6.45, 7) is 5.37. The zero-order valence-electron chi connectivity index (χ0n) is 15.2. The Morgan fingerprint density at radius 1 is 1.15 bits per heavy atom. The van der Waals surface area contributed by atoms with E-state index in [2.05, 4.69) is 0 Å². The SMILES string of the molecule is CCCN(CCC)S(=O)(=O)c1ccc(C(=O)N2CCC(C(=O)O)C2)cc1. The molecule has 1 unspecified atom stereocenters. The molecule has 7 nitrogen and oxygen atoms in total. The van der Waals surface area contributed by atoms with Crippen LogP contribution in [0.15, 0.2) is 29.2 Å². The van der Waals surface area contributed by atoms with E-state index in [0.29, 0.717) is 31.6 Å². The molecule has 1 aromatic carbocycles. The first-order valence-electron chi connectivity index (χ1n) is 8.93. The maximum Gasteiger partial charge on any atom is 0.308 e. The average molecular weight is 382 g/mol. The number of benzene rings is 1. The van der Waals surface area contributed by atoms with Gasteiger partial charge >= 0.3 is 5.97 Å². The van der Waals surface area contributed by atoms with E-state index in [-0.39, 0.29) is 17.3 Å². The molecular formula is C18H26N2O5S. The van der Waals surface area contributed by atoms with E-state index in [1.165, 1.54) is 33.5 Å². The molecule has 0 radical (unpaired) electrons. The number of aliphatic carboxylic acids is 1. The van der Waals surface area contributed by atoms with Crippen molar-refractivity contribution in [3.05, 3.63) is 29.8 Å². The number of hydrogen-bond acceptors (Lipinski definition) is 4. The number of hydrogen-bond donors (Lipinski definition) is 1. The van der Waals surface area contributed by atoms with Crippen molar-refractivity contribution in [3.8, 4) is 0 Å². The van der Waals surface area contributed by atoms with Crippen LogP contribution in [0.3, 0.4) is 0 Å². The second kappa shape index (κ2) is 8.64. The predicted octanol–water partition coefficient (Wildman–Crippen LogP) is 2.04. The van der Waals surface area contributed by atoms with Crippen molar-refractivity contribution in [2.75, 3.05) is 26.2 Å². The van der Waals surface area contributed by atoms with Gasteiger partial charge in [-0.05, 0) is 43.5 Å². The van der Waals surface area contributed by atoms with Crippen LogP contribution in [-0.2, 0) is 14.8 Å². The Kier molecular flexibility index (Phi) is 6.77. The minimum absolute atomic E-state index is 0.167. The lowest BCUT2D eigenvalue weighted by atomic mass is 10.1. The number of sulfonamides is 1. The van der Waals surface area contributed by atoms with Gasteiger partial charge in [-0.1, -0.05) is 13.8 Å². The molecule has 1 atom stereocenters. The molecular weight excluding hydrogens is 356 g/mol. The molecule has 1 aliphatic rings. The molecule has 1 amide bonds. The van der Waals surface area contributed by atoms with Crippen molar-refractivity contribution in [2.24, 2.45) is 5.92 Å². The molecule has 8 heteroatoms. The van der Waals surface area contributed by atoms with E-state index in [0.717, 1.165) is 12.8 Å². The van der Waals surface area contributed by atoms with Gasteiger partial charge in [-0.3, -0.25) is 9.59 Å². The van der Waals surface area contributed by atoms with Gasteiger partial charge in [0.2, 0.25) is 10.0 Å². The number of nitrogens with zero attached hydrogens (tertiary/aromatic N) is 2. The third-order valence-electron chi connectivity index (χ3n) is 4.51. The average Bonchev–Trinajstić information content (AvgIpc) is 3.11. The predicted molar refractivity (Wildman–Crippen MR) is 97.4 cm³/mol. The summed E-state index contributed by atoms with van der Waals surface area (Å²) >= 11 is 0. The van der Waals surface area contributed by atoms with Crippen molar-refractivity contribution < 1.29 is 23.1 Å². The molecule has 1 fully saturated rings. The van der Waals surface area contributed by atoms with E-state index < -0.39 is 21.9 Å². The van der Waals surface area contributed by atoms with Crippen LogP contribution in [0, 0.1) is 5.92 Å². The summed E-state index contributed by atoms with van der Waals surface area (Å²) in [5, 5.41) is 9.04. The maximum atomic E-state index is 12.7. The second-order valence-electron chi connectivity index (χ2n) is 6.50. The highest BCUT2D eigenvalue weighted by Gasteiger charge is 2.31. The zero-order chi connectivity index (χ0) is 19.3. The smallest absolute Gasteiger partial charge is 0.308 e. The summed E-state index contributed by atoms with van der Waals surface area (Å²) in [5.74, 6) is -1.69. The maximum absolute atomic E-state index is 12.7.